The first-order chi connectivity index (χ1) is 12.3. The van der Waals surface area contributed by atoms with E-state index in [-0.39, 0.29) is 4.90 Å². The normalized spacial score (nSPS) is 12.3. The summed E-state index contributed by atoms with van der Waals surface area (Å²) in [5.41, 5.74) is 0.417. The molecule has 0 radical (unpaired) electrons. The molecule has 0 saturated carbocycles. The van der Waals surface area contributed by atoms with E-state index >= 15 is 0 Å². The molecule has 140 valence electrons. The molecule has 2 rings (SSSR count). The number of benzene rings is 2. The van der Waals surface area contributed by atoms with Gasteiger partial charge in [0.2, 0.25) is 15.9 Å². The number of hydrogen-bond acceptors (Lipinski definition) is 5. The van der Waals surface area contributed by atoms with Crippen LogP contribution in [0, 0.1) is 5.82 Å². The Hall–Kier alpha value is -2.65. The second kappa shape index (κ2) is 8.15. The van der Waals surface area contributed by atoms with Crippen LogP contribution in [0.5, 0.6) is 11.5 Å². The van der Waals surface area contributed by atoms with Crippen LogP contribution in [0.15, 0.2) is 47.4 Å². The Balaban J connectivity index is 2.09. The second-order valence-corrected chi connectivity index (χ2v) is 7.07. The summed E-state index contributed by atoms with van der Waals surface area (Å²) in [6.07, 6.45) is 0. The van der Waals surface area contributed by atoms with Gasteiger partial charge in [-0.3, -0.25) is 4.79 Å². The van der Waals surface area contributed by atoms with Crippen molar-refractivity contribution in [1.82, 2.24) is 4.72 Å². The van der Waals surface area contributed by atoms with Crippen molar-refractivity contribution in [2.24, 2.45) is 0 Å². The van der Waals surface area contributed by atoms with Crippen LogP contribution in [0.4, 0.5) is 10.1 Å². The van der Waals surface area contributed by atoms with Gasteiger partial charge in [0.05, 0.1) is 25.2 Å². The number of hydrogen-bond donors (Lipinski definition) is 2. The van der Waals surface area contributed by atoms with E-state index in [1.165, 1.54) is 21.1 Å². The van der Waals surface area contributed by atoms with Gasteiger partial charge in [-0.05, 0) is 43.3 Å². The van der Waals surface area contributed by atoms with E-state index in [2.05, 4.69) is 10.0 Å². The Kier molecular flexibility index (Phi) is 6.17. The largest absolute Gasteiger partial charge is 0.493 e. The fourth-order valence-corrected chi connectivity index (χ4v) is 3.34. The molecule has 0 unspecified atom stereocenters. The molecular formula is C17H19FN2O5S. The average Bonchev–Trinajstić information content (AvgIpc) is 2.61. The summed E-state index contributed by atoms with van der Waals surface area (Å²) in [5, 5.41) is 2.59. The Morgan fingerprint density at radius 1 is 1.04 bits per heavy atom. The van der Waals surface area contributed by atoms with Crippen molar-refractivity contribution < 1.29 is 27.1 Å². The number of methoxy groups -OCH3 is 2. The minimum atomic E-state index is -3.96. The summed E-state index contributed by atoms with van der Waals surface area (Å²) in [6, 6.07) is 8.01. The molecule has 0 bridgehead atoms. The van der Waals surface area contributed by atoms with Crippen LogP contribution < -0.4 is 19.5 Å². The molecule has 2 aromatic rings. The molecule has 0 aliphatic carbocycles. The molecule has 0 aliphatic rings. The molecule has 7 nitrogen and oxygen atoms in total. The third-order valence-electron chi connectivity index (χ3n) is 3.50. The predicted octanol–water partition coefficient (Wildman–Crippen LogP) is 2.15. The molecule has 1 amide bonds. The third kappa shape index (κ3) is 4.70. The Bertz CT molecular complexity index is 885. The smallest absolute Gasteiger partial charge is 0.242 e. The minimum Gasteiger partial charge on any atom is -0.493 e. The van der Waals surface area contributed by atoms with Crippen molar-refractivity contribution in [2.45, 2.75) is 17.9 Å². The van der Waals surface area contributed by atoms with Crippen molar-refractivity contribution in [3.8, 4) is 11.5 Å². The molecule has 0 aliphatic heterocycles. The lowest BCUT2D eigenvalue weighted by Crippen LogP contribution is -2.41. The summed E-state index contributed by atoms with van der Waals surface area (Å²) >= 11 is 0. The van der Waals surface area contributed by atoms with Gasteiger partial charge < -0.3 is 14.8 Å². The summed E-state index contributed by atoms with van der Waals surface area (Å²) in [6.45, 7) is 1.40. The standard InChI is InChI=1S/C17H19FN2O5S/c1-11(20-26(22,23)14-7-4-12(18)5-8-14)17(21)19-13-6-9-15(24-2)16(10-13)25-3/h4-11,20H,1-3H3,(H,19,21)/t11-/m1/s1. The monoisotopic (exact) mass is 382 g/mol. The van der Waals surface area contributed by atoms with E-state index in [4.69, 9.17) is 9.47 Å². The van der Waals surface area contributed by atoms with Gasteiger partial charge in [0, 0.05) is 11.8 Å². The van der Waals surface area contributed by atoms with E-state index in [1.54, 1.807) is 18.2 Å². The van der Waals surface area contributed by atoms with Crippen molar-refractivity contribution in [3.63, 3.8) is 0 Å². The lowest BCUT2D eigenvalue weighted by atomic mass is 10.2. The molecule has 0 saturated heterocycles. The summed E-state index contributed by atoms with van der Waals surface area (Å²) in [7, 11) is -1.01. The van der Waals surface area contributed by atoms with Crippen LogP contribution in [0.25, 0.3) is 0 Å². The molecule has 9 heteroatoms. The zero-order valence-corrected chi connectivity index (χ0v) is 15.3. The Labute approximate surface area is 151 Å². The molecule has 1 atom stereocenters. The first-order valence-electron chi connectivity index (χ1n) is 7.57. The third-order valence-corrected chi connectivity index (χ3v) is 5.06. The molecule has 2 aromatic carbocycles. The van der Waals surface area contributed by atoms with Crippen molar-refractivity contribution in [1.29, 1.82) is 0 Å². The highest BCUT2D eigenvalue weighted by molar-refractivity contribution is 7.89. The highest BCUT2D eigenvalue weighted by atomic mass is 32.2. The van der Waals surface area contributed by atoms with Crippen LogP contribution in [-0.2, 0) is 14.8 Å². The fraction of sp³-hybridized carbons (Fsp3) is 0.235. The van der Waals surface area contributed by atoms with Gasteiger partial charge in [0.1, 0.15) is 5.82 Å². The van der Waals surface area contributed by atoms with Crippen molar-refractivity contribution >= 4 is 21.6 Å². The van der Waals surface area contributed by atoms with Crippen LogP contribution in [0.1, 0.15) is 6.92 Å². The summed E-state index contributed by atoms with van der Waals surface area (Å²) in [5.74, 6) is -0.202. The summed E-state index contributed by atoms with van der Waals surface area (Å²) < 4.78 is 49.9. The SMILES string of the molecule is COc1ccc(NC(=O)[C@@H](C)NS(=O)(=O)c2ccc(F)cc2)cc1OC. The lowest BCUT2D eigenvalue weighted by Gasteiger charge is -2.15. The number of carbonyl (C=O) groups is 1. The van der Waals surface area contributed by atoms with Gasteiger partial charge in [0.15, 0.2) is 11.5 Å². The number of carbonyl (C=O) groups excluding carboxylic acids is 1. The van der Waals surface area contributed by atoms with Crippen LogP contribution >= 0.6 is 0 Å². The summed E-state index contributed by atoms with van der Waals surface area (Å²) in [4.78, 5) is 12.1. The zero-order valence-electron chi connectivity index (χ0n) is 14.4. The molecular weight excluding hydrogens is 363 g/mol. The van der Waals surface area contributed by atoms with Gasteiger partial charge in [-0.15, -0.1) is 0 Å². The van der Waals surface area contributed by atoms with Crippen molar-refractivity contribution in [3.05, 3.63) is 48.3 Å². The van der Waals surface area contributed by atoms with E-state index in [9.17, 15) is 17.6 Å². The number of ether oxygens (including phenoxy) is 2. The fourth-order valence-electron chi connectivity index (χ4n) is 2.13. The van der Waals surface area contributed by atoms with E-state index in [0.29, 0.717) is 17.2 Å². The highest BCUT2D eigenvalue weighted by Gasteiger charge is 2.22. The van der Waals surface area contributed by atoms with Crippen molar-refractivity contribution in [2.75, 3.05) is 19.5 Å². The van der Waals surface area contributed by atoms with Gasteiger partial charge in [0.25, 0.3) is 0 Å². The predicted molar refractivity (Wildman–Crippen MR) is 94.4 cm³/mol. The molecule has 2 N–H and O–H groups in total. The molecule has 0 aromatic heterocycles. The molecule has 0 fully saturated rings. The highest BCUT2D eigenvalue weighted by Crippen LogP contribution is 2.29. The van der Waals surface area contributed by atoms with Gasteiger partial charge in [-0.1, -0.05) is 0 Å². The van der Waals surface area contributed by atoms with Gasteiger partial charge in [-0.2, -0.15) is 4.72 Å². The maximum absolute atomic E-state index is 12.9. The van der Waals surface area contributed by atoms with E-state index < -0.39 is 27.8 Å². The molecule has 0 heterocycles. The second-order valence-electron chi connectivity index (χ2n) is 5.36. The molecule has 26 heavy (non-hydrogen) atoms. The van der Waals surface area contributed by atoms with E-state index in [1.807, 2.05) is 0 Å². The van der Waals surface area contributed by atoms with E-state index in [0.717, 1.165) is 24.3 Å². The van der Waals surface area contributed by atoms with Gasteiger partial charge >= 0.3 is 0 Å². The maximum atomic E-state index is 12.9. The number of halogens is 1. The zero-order chi connectivity index (χ0) is 19.3. The van der Waals surface area contributed by atoms with Crippen LogP contribution in [0.3, 0.4) is 0 Å². The lowest BCUT2D eigenvalue weighted by molar-refractivity contribution is -0.117. The average molecular weight is 382 g/mol. The number of anilines is 1. The molecule has 0 spiro atoms. The Morgan fingerprint density at radius 3 is 2.23 bits per heavy atom. The number of rotatable bonds is 7. The topological polar surface area (TPSA) is 93.7 Å². The first-order valence-corrected chi connectivity index (χ1v) is 9.06. The maximum Gasteiger partial charge on any atom is 0.242 e. The Morgan fingerprint density at radius 2 is 1.65 bits per heavy atom. The minimum absolute atomic E-state index is 0.135. The van der Waals surface area contributed by atoms with Crippen LogP contribution in [-0.4, -0.2) is 34.6 Å². The quantitative estimate of drug-likeness (QED) is 0.765. The number of nitrogens with one attached hydrogen (secondary N) is 2. The number of sulfonamides is 1. The van der Waals surface area contributed by atoms with Crippen LogP contribution in [0.2, 0.25) is 0 Å². The van der Waals surface area contributed by atoms with Gasteiger partial charge in [-0.25, -0.2) is 12.8 Å². The number of amides is 1. The first kappa shape index (κ1) is 19.7.